The quantitative estimate of drug-likeness (QED) is 0.903. The minimum absolute atomic E-state index is 0.0116. The number of hydrogen-bond donors (Lipinski definition) is 1. The maximum absolute atomic E-state index is 12.6. The summed E-state index contributed by atoms with van der Waals surface area (Å²) in [6.45, 7) is 1.40. The maximum atomic E-state index is 12.6. The van der Waals surface area contributed by atoms with E-state index in [9.17, 15) is 9.59 Å². The summed E-state index contributed by atoms with van der Waals surface area (Å²) in [4.78, 5) is 25.2. The van der Waals surface area contributed by atoms with Crippen molar-refractivity contribution >= 4 is 11.9 Å². The minimum atomic E-state index is -0.762. The molecule has 1 saturated carbocycles. The number of rotatable bonds is 5. The number of carboxylic acid groups (broad SMARTS) is 1. The molecule has 2 heterocycles. The number of likely N-dealkylation sites (tertiary alicyclic amines) is 1. The van der Waals surface area contributed by atoms with E-state index in [1.165, 1.54) is 12.8 Å². The molecule has 120 valence electrons. The zero-order valence-corrected chi connectivity index (χ0v) is 13.0. The number of aliphatic carboxylic acids is 1. The number of piperidine rings is 1. The van der Waals surface area contributed by atoms with Gasteiger partial charge in [-0.25, -0.2) is 0 Å². The third kappa shape index (κ3) is 3.31. The number of carbonyl (C=O) groups is 2. The Morgan fingerprint density at radius 1 is 1.36 bits per heavy atom. The van der Waals surface area contributed by atoms with Crippen molar-refractivity contribution < 1.29 is 14.7 Å². The topological polar surface area (TPSA) is 75.4 Å². The molecular weight excluding hydrogens is 282 g/mol. The van der Waals surface area contributed by atoms with Crippen molar-refractivity contribution in [3.8, 4) is 0 Å². The minimum Gasteiger partial charge on any atom is -0.481 e. The highest BCUT2D eigenvalue weighted by Crippen LogP contribution is 2.40. The summed E-state index contributed by atoms with van der Waals surface area (Å²) in [5.41, 5.74) is 1.69. The van der Waals surface area contributed by atoms with Gasteiger partial charge in [-0.2, -0.15) is 5.10 Å². The molecule has 0 aromatic carbocycles. The lowest BCUT2D eigenvalue weighted by Gasteiger charge is -2.32. The number of amides is 1. The third-order valence-corrected chi connectivity index (χ3v) is 4.70. The lowest BCUT2D eigenvalue weighted by molar-refractivity contribution is -0.137. The van der Waals surface area contributed by atoms with Crippen LogP contribution < -0.4 is 0 Å². The van der Waals surface area contributed by atoms with E-state index < -0.39 is 5.97 Å². The fraction of sp³-hybridized carbons (Fsp3) is 0.688. The van der Waals surface area contributed by atoms with E-state index in [2.05, 4.69) is 5.10 Å². The highest BCUT2D eigenvalue weighted by molar-refractivity contribution is 5.92. The smallest absolute Gasteiger partial charge is 0.303 e. The largest absolute Gasteiger partial charge is 0.481 e. The van der Waals surface area contributed by atoms with Crippen LogP contribution in [-0.4, -0.2) is 44.8 Å². The molecule has 0 bridgehead atoms. The van der Waals surface area contributed by atoms with E-state index >= 15 is 0 Å². The Kier molecular flexibility index (Phi) is 4.18. The molecule has 2 aliphatic rings. The van der Waals surface area contributed by atoms with Crippen LogP contribution in [0.3, 0.4) is 0 Å². The zero-order valence-electron chi connectivity index (χ0n) is 13.0. The summed E-state index contributed by atoms with van der Waals surface area (Å²) in [6, 6.07) is 1.93. The fourth-order valence-electron chi connectivity index (χ4n) is 3.32. The van der Waals surface area contributed by atoms with Gasteiger partial charge in [0.1, 0.15) is 0 Å². The molecule has 1 aliphatic carbocycles. The maximum Gasteiger partial charge on any atom is 0.303 e. The Labute approximate surface area is 130 Å². The van der Waals surface area contributed by atoms with E-state index in [-0.39, 0.29) is 12.3 Å². The van der Waals surface area contributed by atoms with Crippen molar-refractivity contribution in [1.29, 1.82) is 0 Å². The molecule has 1 aromatic heterocycles. The Morgan fingerprint density at radius 2 is 2.14 bits per heavy atom. The molecule has 1 N–H and O–H groups in total. The van der Waals surface area contributed by atoms with Crippen LogP contribution in [0.25, 0.3) is 0 Å². The summed E-state index contributed by atoms with van der Waals surface area (Å²) in [7, 11) is 1.90. The average Bonchev–Trinajstić information content (AvgIpc) is 3.27. The monoisotopic (exact) mass is 305 g/mol. The number of aromatic nitrogens is 2. The second-order valence-electron chi connectivity index (χ2n) is 6.54. The van der Waals surface area contributed by atoms with Crippen LogP contribution in [0.15, 0.2) is 6.07 Å². The van der Waals surface area contributed by atoms with Gasteiger partial charge in [-0.3, -0.25) is 14.3 Å². The van der Waals surface area contributed by atoms with Crippen LogP contribution in [0.4, 0.5) is 0 Å². The van der Waals surface area contributed by atoms with Gasteiger partial charge in [0.25, 0.3) is 5.91 Å². The predicted octanol–water partition coefficient (Wildman–Crippen LogP) is 2.01. The van der Waals surface area contributed by atoms with Crippen molar-refractivity contribution in [2.75, 3.05) is 13.1 Å². The summed E-state index contributed by atoms with van der Waals surface area (Å²) >= 11 is 0. The normalized spacial score (nSPS) is 21.9. The molecular formula is C16H23N3O3. The number of hydrogen-bond acceptors (Lipinski definition) is 3. The first-order chi connectivity index (χ1) is 10.5. The molecule has 1 unspecified atom stereocenters. The standard InChI is InChI=1S/C16H23N3O3/c1-18-14(12-5-6-12)9-13(17-18)16(22)19-8-2-3-11(10-19)4-7-15(20)21/h9,11-12H,2-8,10H2,1H3,(H,20,21). The van der Waals surface area contributed by atoms with Gasteiger partial charge in [0.15, 0.2) is 5.69 Å². The van der Waals surface area contributed by atoms with Gasteiger partial charge >= 0.3 is 5.97 Å². The van der Waals surface area contributed by atoms with Crippen molar-refractivity contribution in [3.63, 3.8) is 0 Å². The Morgan fingerprint density at radius 3 is 2.82 bits per heavy atom. The molecule has 0 radical (unpaired) electrons. The average molecular weight is 305 g/mol. The molecule has 1 saturated heterocycles. The molecule has 1 aliphatic heterocycles. The summed E-state index contributed by atoms with van der Waals surface area (Å²) in [6.07, 6.45) is 5.16. The van der Waals surface area contributed by atoms with Crippen LogP contribution in [0.2, 0.25) is 0 Å². The van der Waals surface area contributed by atoms with Gasteiger partial charge < -0.3 is 10.0 Å². The van der Waals surface area contributed by atoms with Crippen LogP contribution in [0.5, 0.6) is 0 Å². The number of aryl methyl sites for hydroxylation is 1. The molecule has 1 aromatic rings. The van der Waals surface area contributed by atoms with E-state index in [1.54, 1.807) is 0 Å². The van der Waals surface area contributed by atoms with Crippen molar-refractivity contribution in [3.05, 3.63) is 17.5 Å². The van der Waals surface area contributed by atoms with Crippen LogP contribution in [-0.2, 0) is 11.8 Å². The lowest BCUT2D eigenvalue weighted by atomic mass is 9.93. The molecule has 6 heteroatoms. The van der Waals surface area contributed by atoms with E-state index in [0.717, 1.165) is 25.1 Å². The third-order valence-electron chi connectivity index (χ3n) is 4.70. The van der Waals surface area contributed by atoms with Crippen LogP contribution in [0.1, 0.15) is 60.6 Å². The lowest BCUT2D eigenvalue weighted by Crippen LogP contribution is -2.40. The summed E-state index contributed by atoms with van der Waals surface area (Å²) in [5, 5.41) is 13.2. The fourth-order valence-corrected chi connectivity index (χ4v) is 3.32. The highest BCUT2D eigenvalue weighted by atomic mass is 16.4. The van der Waals surface area contributed by atoms with Gasteiger partial charge in [-0.15, -0.1) is 0 Å². The van der Waals surface area contributed by atoms with Gasteiger partial charge in [-0.1, -0.05) is 0 Å². The Hall–Kier alpha value is -1.85. The first-order valence-electron chi connectivity index (χ1n) is 8.09. The van der Waals surface area contributed by atoms with Gasteiger partial charge in [0.2, 0.25) is 0 Å². The van der Waals surface area contributed by atoms with Crippen LogP contribution >= 0.6 is 0 Å². The van der Waals surface area contributed by atoms with Crippen molar-refractivity contribution in [2.24, 2.45) is 13.0 Å². The molecule has 22 heavy (non-hydrogen) atoms. The Bertz CT molecular complexity index is 577. The molecule has 3 rings (SSSR count). The van der Waals surface area contributed by atoms with Crippen molar-refractivity contribution in [2.45, 2.75) is 44.4 Å². The molecule has 0 spiro atoms. The van der Waals surface area contributed by atoms with Crippen molar-refractivity contribution in [1.82, 2.24) is 14.7 Å². The van der Waals surface area contributed by atoms with E-state index in [0.29, 0.717) is 30.5 Å². The predicted molar refractivity (Wildman–Crippen MR) is 80.7 cm³/mol. The highest BCUT2D eigenvalue weighted by Gasteiger charge is 2.30. The van der Waals surface area contributed by atoms with E-state index in [4.69, 9.17) is 5.11 Å². The van der Waals surface area contributed by atoms with Gasteiger partial charge in [-0.05, 0) is 44.1 Å². The number of carbonyl (C=O) groups excluding carboxylic acids is 1. The van der Waals surface area contributed by atoms with Crippen LogP contribution in [0, 0.1) is 5.92 Å². The zero-order chi connectivity index (χ0) is 15.7. The number of nitrogens with zero attached hydrogens (tertiary/aromatic N) is 3. The second kappa shape index (κ2) is 6.10. The Balaban J connectivity index is 1.63. The SMILES string of the molecule is Cn1nc(C(=O)N2CCCC(CCC(=O)O)C2)cc1C1CC1. The first kappa shape index (κ1) is 15.1. The number of carboxylic acids is 1. The molecule has 1 atom stereocenters. The first-order valence-corrected chi connectivity index (χ1v) is 8.09. The molecule has 2 fully saturated rings. The van der Waals surface area contributed by atoms with Gasteiger partial charge in [0.05, 0.1) is 0 Å². The second-order valence-corrected chi connectivity index (χ2v) is 6.54. The molecule has 6 nitrogen and oxygen atoms in total. The van der Waals surface area contributed by atoms with E-state index in [1.807, 2.05) is 22.7 Å². The molecule has 1 amide bonds. The summed E-state index contributed by atoms with van der Waals surface area (Å²) < 4.78 is 1.83. The summed E-state index contributed by atoms with van der Waals surface area (Å²) in [5.74, 6) is 0.0916. The van der Waals surface area contributed by atoms with Gasteiger partial charge in [0, 0.05) is 38.2 Å².